The normalized spacial score (nSPS) is 17.4. The number of amides is 1. The van der Waals surface area contributed by atoms with E-state index < -0.39 is 0 Å². The minimum atomic E-state index is 0.0000516. The molecule has 1 amide bonds. The largest absolute Gasteiger partial charge is 0.508 e. The summed E-state index contributed by atoms with van der Waals surface area (Å²) in [5.41, 5.74) is 3.67. The van der Waals surface area contributed by atoms with E-state index in [9.17, 15) is 9.90 Å². The summed E-state index contributed by atoms with van der Waals surface area (Å²) in [5.74, 6) is 0.699. The third kappa shape index (κ3) is 4.01. The van der Waals surface area contributed by atoms with Crippen LogP contribution in [-0.4, -0.2) is 35.0 Å². The summed E-state index contributed by atoms with van der Waals surface area (Å²) in [5, 5.41) is 13.4. The van der Waals surface area contributed by atoms with Gasteiger partial charge in [0, 0.05) is 35.9 Å². The Bertz CT molecular complexity index is 768. The fourth-order valence-electron chi connectivity index (χ4n) is 3.50. The number of hydrogen-bond acceptors (Lipinski definition) is 3. The van der Waals surface area contributed by atoms with Crippen molar-refractivity contribution in [2.45, 2.75) is 45.6 Å². The molecule has 1 aliphatic rings. The lowest BCUT2D eigenvalue weighted by Gasteiger charge is -2.34. The first-order valence-electron chi connectivity index (χ1n) is 9.40. The van der Waals surface area contributed by atoms with Gasteiger partial charge in [-0.1, -0.05) is 32.0 Å². The maximum atomic E-state index is 12.9. The van der Waals surface area contributed by atoms with E-state index in [0.717, 1.165) is 25.1 Å². The summed E-state index contributed by atoms with van der Waals surface area (Å²) in [4.78, 5) is 14.8. The van der Waals surface area contributed by atoms with Crippen LogP contribution in [0.15, 0.2) is 42.5 Å². The number of nitrogens with one attached hydrogen (secondary N) is 1. The third-order valence-electron chi connectivity index (χ3n) is 5.19. The van der Waals surface area contributed by atoms with Crippen molar-refractivity contribution >= 4 is 11.6 Å². The number of likely N-dealkylation sites (tertiary alicyclic amines) is 1. The van der Waals surface area contributed by atoms with E-state index in [-0.39, 0.29) is 17.7 Å². The Balaban J connectivity index is 1.67. The molecule has 0 aromatic heterocycles. The Labute approximate surface area is 155 Å². The maximum Gasteiger partial charge on any atom is 0.254 e. The second kappa shape index (κ2) is 7.81. The number of piperidine rings is 1. The van der Waals surface area contributed by atoms with Gasteiger partial charge in [-0.15, -0.1) is 0 Å². The van der Waals surface area contributed by atoms with Gasteiger partial charge in [0.25, 0.3) is 5.91 Å². The first kappa shape index (κ1) is 18.3. The number of carbonyl (C=O) groups is 1. The van der Waals surface area contributed by atoms with Gasteiger partial charge in [0.15, 0.2) is 0 Å². The first-order valence-corrected chi connectivity index (χ1v) is 9.40. The minimum Gasteiger partial charge on any atom is -0.508 e. The van der Waals surface area contributed by atoms with Crippen LogP contribution in [-0.2, 0) is 0 Å². The monoisotopic (exact) mass is 352 g/mol. The molecule has 2 aromatic rings. The molecule has 1 atom stereocenters. The standard InChI is InChI=1S/C22H28N2O2/c1-15(2)17-9-11-18(12-10-17)23-19-6-5-13-24(14-19)22(26)20-7-4-8-21(25)16(20)3/h4,7-12,15,19,23,25H,5-6,13-14H2,1-3H3/t19-/m1/s1. The molecule has 2 N–H and O–H groups in total. The van der Waals surface area contributed by atoms with Crippen molar-refractivity contribution in [2.24, 2.45) is 0 Å². The molecule has 0 spiro atoms. The molecular weight excluding hydrogens is 324 g/mol. The predicted molar refractivity (Wildman–Crippen MR) is 106 cm³/mol. The average molecular weight is 352 g/mol. The number of carbonyl (C=O) groups excluding carboxylic acids is 1. The van der Waals surface area contributed by atoms with Crippen LogP contribution in [0, 0.1) is 6.92 Å². The van der Waals surface area contributed by atoms with Gasteiger partial charge >= 0.3 is 0 Å². The van der Waals surface area contributed by atoms with Crippen molar-refractivity contribution < 1.29 is 9.90 Å². The molecule has 0 unspecified atom stereocenters. The molecule has 2 aromatic carbocycles. The van der Waals surface area contributed by atoms with E-state index in [0.29, 0.717) is 23.6 Å². The summed E-state index contributed by atoms with van der Waals surface area (Å²) in [6.07, 6.45) is 2.03. The second-order valence-corrected chi connectivity index (χ2v) is 7.46. The van der Waals surface area contributed by atoms with E-state index in [1.165, 1.54) is 5.56 Å². The van der Waals surface area contributed by atoms with E-state index in [4.69, 9.17) is 0 Å². The zero-order valence-electron chi connectivity index (χ0n) is 15.8. The number of nitrogens with zero attached hydrogens (tertiary/aromatic N) is 1. The molecule has 138 valence electrons. The van der Waals surface area contributed by atoms with Crippen LogP contribution in [0.4, 0.5) is 5.69 Å². The Kier molecular flexibility index (Phi) is 5.50. The maximum absolute atomic E-state index is 12.9. The molecule has 1 aliphatic heterocycles. The van der Waals surface area contributed by atoms with Crippen LogP contribution in [0.3, 0.4) is 0 Å². The lowest BCUT2D eigenvalue weighted by molar-refractivity contribution is 0.0713. The van der Waals surface area contributed by atoms with Gasteiger partial charge in [0.05, 0.1) is 0 Å². The topological polar surface area (TPSA) is 52.6 Å². The highest BCUT2D eigenvalue weighted by molar-refractivity contribution is 5.96. The lowest BCUT2D eigenvalue weighted by atomic mass is 10.0. The zero-order valence-corrected chi connectivity index (χ0v) is 15.8. The van der Waals surface area contributed by atoms with Crippen molar-refractivity contribution in [1.82, 2.24) is 4.90 Å². The number of phenolic OH excluding ortho intramolecular Hbond substituents is 1. The lowest BCUT2D eigenvalue weighted by Crippen LogP contribution is -2.45. The third-order valence-corrected chi connectivity index (χ3v) is 5.19. The molecule has 1 fully saturated rings. The van der Waals surface area contributed by atoms with Crippen LogP contribution in [0.2, 0.25) is 0 Å². The second-order valence-electron chi connectivity index (χ2n) is 7.46. The van der Waals surface area contributed by atoms with Gasteiger partial charge in [-0.25, -0.2) is 0 Å². The van der Waals surface area contributed by atoms with Crippen molar-refractivity contribution in [1.29, 1.82) is 0 Å². The van der Waals surface area contributed by atoms with E-state index >= 15 is 0 Å². The van der Waals surface area contributed by atoms with E-state index in [1.807, 2.05) is 4.90 Å². The van der Waals surface area contributed by atoms with Gasteiger partial charge in [-0.2, -0.15) is 0 Å². The van der Waals surface area contributed by atoms with Crippen molar-refractivity contribution in [3.63, 3.8) is 0 Å². The van der Waals surface area contributed by atoms with Gasteiger partial charge in [0.1, 0.15) is 5.75 Å². The molecule has 1 heterocycles. The predicted octanol–water partition coefficient (Wildman–Crippen LogP) is 4.54. The molecular formula is C22H28N2O2. The summed E-state index contributed by atoms with van der Waals surface area (Å²) >= 11 is 0. The molecule has 0 radical (unpaired) electrons. The molecule has 0 bridgehead atoms. The molecule has 4 nitrogen and oxygen atoms in total. The molecule has 3 rings (SSSR count). The number of phenols is 1. The Morgan fingerprint density at radius 3 is 2.62 bits per heavy atom. The highest BCUT2D eigenvalue weighted by atomic mass is 16.3. The summed E-state index contributed by atoms with van der Waals surface area (Å²) < 4.78 is 0. The SMILES string of the molecule is Cc1c(O)cccc1C(=O)N1CCC[C@@H](Nc2ccc(C(C)C)cc2)C1. The van der Waals surface area contributed by atoms with Crippen LogP contribution in [0.1, 0.15) is 54.1 Å². The number of hydrogen-bond donors (Lipinski definition) is 2. The molecule has 0 saturated carbocycles. The van der Waals surface area contributed by atoms with Crippen LogP contribution in [0.5, 0.6) is 5.75 Å². The number of anilines is 1. The highest BCUT2D eigenvalue weighted by Crippen LogP contribution is 2.24. The van der Waals surface area contributed by atoms with Crippen LogP contribution in [0.25, 0.3) is 0 Å². The number of rotatable bonds is 4. The van der Waals surface area contributed by atoms with Crippen molar-refractivity contribution in [3.05, 3.63) is 59.2 Å². The number of aromatic hydroxyl groups is 1. The average Bonchev–Trinajstić information content (AvgIpc) is 2.64. The zero-order chi connectivity index (χ0) is 18.7. The molecule has 0 aliphatic carbocycles. The summed E-state index contributed by atoms with van der Waals surface area (Å²) in [6.45, 7) is 7.61. The fourth-order valence-corrected chi connectivity index (χ4v) is 3.50. The summed E-state index contributed by atoms with van der Waals surface area (Å²) in [6, 6.07) is 13.9. The Morgan fingerprint density at radius 1 is 1.19 bits per heavy atom. The molecule has 4 heteroatoms. The smallest absolute Gasteiger partial charge is 0.254 e. The summed E-state index contributed by atoms with van der Waals surface area (Å²) in [7, 11) is 0. The Hall–Kier alpha value is -2.49. The fraction of sp³-hybridized carbons (Fsp3) is 0.409. The minimum absolute atomic E-state index is 0.0000516. The van der Waals surface area contributed by atoms with Crippen molar-refractivity contribution in [2.75, 3.05) is 18.4 Å². The number of benzene rings is 2. The van der Waals surface area contributed by atoms with E-state index in [2.05, 4.69) is 43.4 Å². The van der Waals surface area contributed by atoms with E-state index in [1.54, 1.807) is 25.1 Å². The van der Waals surface area contributed by atoms with Gasteiger partial charge in [0.2, 0.25) is 0 Å². The first-order chi connectivity index (χ1) is 12.5. The van der Waals surface area contributed by atoms with Crippen LogP contribution >= 0.6 is 0 Å². The van der Waals surface area contributed by atoms with Gasteiger partial charge in [-0.05, 0) is 55.5 Å². The van der Waals surface area contributed by atoms with Crippen molar-refractivity contribution in [3.8, 4) is 5.75 Å². The van der Waals surface area contributed by atoms with Crippen LogP contribution < -0.4 is 5.32 Å². The Morgan fingerprint density at radius 2 is 1.92 bits per heavy atom. The quantitative estimate of drug-likeness (QED) is 0.849. The highest BCUT2D eigenvalue weighted by Gasteiger charge is 2.25. The van der Waals surface area contributed by atoms with Gasteiger partial charge in [-0.3, -0.25) is 4.79 Å². The van der Waals surface area contributed by atoms with Gasteiger partial charge < -0.3 is 15.3 Å². The molecule has 1 saturated heterocycles. The molecule has 26 heavy (non-hydrogen) atoms.